The molecule has 0 saturated carbocycles. The average molecular weight is 230 g/mol. The second-order valence-electron chi connectivity index (χ2n) is 3.37. The number of hydrogen-bond donors (Lipinski definition) is 1. The van der Waals surface area contributed by atoms with E-state index in [-0.39, 0.29) is 6.61 Å². The van der Waals surface area contributed by atoms with Crippen LogP contribution in [-0.2, 0) is 23.8 Å². The summed E-state index contributed by atoms with van der Waals surface area (Å²) < 4.78 is 14.6. The summed E-state index contributed by atoms with van der Waals surface area (Å²) in [5.74, 6) is -0.962. The van der Waals surface area contributed by atoms with Crippen LogP contribution in [0.15, 0.2) is 12.3 Å². The summed E-state index contributed by atoms with van der Waals surface area (Å²) >= 11 is 0. The highest BCUT2D eigenvalue weighted by atomic mass is 16.6. The lowest BCUT2D eigenvalue weighted by Crippen LogP contribution is -2.44. The summed E-state index contributed by atoms with van der Waals surface area (Å²) in [4.78, 5) is 21.3. The topological polar surface area (TPSA) is 82.1 Å². The predicted octanol–water partition coefficient (Wildman–Crippen LogP) is -0.245. The van der Waals surface area contributed by atoms with Gasteiger partial charge in [0.25, 0.3) is 0 Å². The molecule has 0 saturated heterocycles. The monoisotopic (exact) mass is 230 g/mol. The zero-order valence-electron chi connectivity index (χ0n) is 9.08. The van der Waals surface area contributed by atoms with E-state index in [1.54, 1.807) is 0 Å². The highest BCUT2D eigenvalue weighted by Crippen LogP contribution is 2.16. The van der Waals surface area contributed by atoms with Crippen LogP contribution in [0.2, 0.25) is 0 Å². The Hall–Kier alpha value is -1.56. The Bertz CT molecular complexity index is 298. The van der Waals surface area contributed by atoms with Crippen molar-refractivity contribution in [3.8, 4) is 0 Å². The number of aliphatic hydroxyl groups excluding tert-OH is 1. The fourth-order valence-electron chi connectivity index (χ4n) is 1.27. The predicted molar refractivity (Wildman–Crippen MR) is 52.2 cm³/mol. The number of aliphatic hydroxyl groups is 1. The lowest BCUT2D eigenvalue weighted by molar-refractivity contribution is -0.162. The van der Waals surface area contributed by atoms with Crippen LogP contribution < -0.4 is 0 Å². The van der Waals surface area contributed by atoms with Crippen LogP contribution in [0, 0.1) is 0 Å². The molecule has 0 aromatic rings. The third-order valence-electron chi connectivity index (χ3n) is 1.99. The molecule has 6 nitrogen and oxygen atoms in total. The van der Waals surface area contributed by atoms with E-state index in [0.29, 0.717) is 0 Å². The Morgan fingerprint density at radius 1 is 1.38 bits per heavy atom. The van der Waals surface area contributed by atoms with Gasteiger partial charge >= 0.3 is 11.9 Å². The summed E-state index contributed by atoms with van der Waals surface area (Å²) in [5, 5.41) is 9.75. The summed E-state index contributed by atoms with van der Waals surface area (Å²) in [6.45, 7) is 2.42. The van der Waals surface area contributed by atoms with E-state index in [1.165, 1.54) is 26.2 Å². The number of rotatable bonds is 3. The third kappa shape index (κ3) is 3.54. The first kappa shape index (κ1) is 12.5. The van der Waals surface area contributed by atoms with Gasteiger partial charge in [0, 0.05) is 13.8 Å². The minimum absolute atomic E-state index is 0.0847. The molecule has 16 heavy (non-hydrogen) atoms. The van der Waals surface area contributed by atoms with Crippen molar-refractivity contribution in [3.63, 3.8) is 0 Å². The summed E-state index contributed by atoms with van der Waals surface area (Å²) in [6, 6.07) is 0. The van der Waals surface area contributed by atoms with Crippen LogP contribution in [-0.4, -0.2) is 42.0 Å². The molecule has 0 aliphatic carbocycles. The van der Waals surface area contributed by atoms with Gasteiger partial charge in [0.05, 0.1) is 6.26 Å². The molecule has 3 atom stereocenters. The van der Waals surface area contributed by atoms with Crippen molar-refractivity contribution in [2.45, 2.75) is 32.2 Å². The quantitative estimate of drug-likeness (QED) is 0.673. The Labute approximate surface area is 92.8 Å². The molecular formula is C10H14O6. The van der Waals surface area contributed by atoms with E-state index < -0.39 is 30.3 Å². The molecule has 0 bridgehead atoms. The van der Waals surface area contributed by atoms with Crippen LogP contribution >= 0.6 is 0 Å². The van der Waals surface area contributed by atoms with Crippen molar-refractivity contribution in [2.75, 3.05) is 6.61 Å². The van der Waals surface area contributed by atoms with Gasteiger partial charge in [-0.25, -0.2) is 0 Å². The Kier molecular flexibility index (Phi) is 4.30. The maximum absolute atomic E-state index is 10.7. The molecule has 0 spiro atoms. The molecule has 1 aliphatic rings. The molecule has 0 aromatic carbocycles. The fraction of sp³-hybridized carbons (Fsp3) is 0.600. The van der Waals surface area contributed by atoms with Gasteiger partial charge in [-0.1, -0.05) is 0 Å². The van der Waals surface area contributed by atoms with E-state index >= 15 is 0 Å². The second-order valence-corrected chi connectivity index (χ2v) is 3.37. The molecule has 0 radical (unpaired) electrons. The molecule has 1 N–H and O–H groups in total. The van der Waals surface area contributed by atoms with Gasteiger partial charge in [-0.2, -0.15) is 0 Å². The Balaban J connectivity index is 2.52. The van der Waals surface area contributed by atoms with E-state index in [9.17, 15) is 14.7 Å². The van der Waals surface area contributed by atoms with Gasteiger partial charge < -0.3 is 19.3 Å². The van der Waals surface area contributed by atoms with E-state index in [0.717, 1.165) is 0 Å². The largest absolute Gasteiger partial charge is 0.492 e. The van der Waals surface area contributed by atoms with E-state index in [4.69, 9.17) is 14.2 Å². The molecule has 90 valence electrons. The number of ether oxygens (including phenoxy) is 3. The molecule has 6 heteroatoms. The first-order valence-corrected chi connectivity index (χ1v) is 4.81. The van der Waals surface area contributed by atoms with Gasteiger partial charge in [0.15, 0.2) is 12.2 Å². The van der Waals surface area contributed by atoms with Gasteiger partial charge in [0.1, 0.15) is 12.7 Å². The molecule has 0 aromatic heterocycles. The maximum Gasteiger partial charge on any atom is 0.303 e. The van der Waals surface area contributed by atoms with Crippen molar-refractivity contribution in [1.82, 2.24) is 0 Å². The summed E-state index contributed by atoms with van der Waals surface area (Å²) in [6.07, 6.45) is 0.198. The maximum atomic E-state index is 10.7. The minimum Gasteiger partial charge on any atom is -0.492 e. The van der Waals surface area contributed by atoms with Crippen LogP contribution in [0.1, 0.15) is 13.8 Å². The normalized spacial score (nSPS) is 28.1. The average Bonchev–Trinajstić information content (AvgIpc) is 2.18. The zero-order chi connectivity index (χ0) is 12.1. The van der Waals surface area contributed by atoms with E-state index in [1.807, 2.05) is 0 Å². The standard InChI is InChI=1S/C10H14O6/c1-6(11)15-5-9-10(13)8(3-4-14-9)16-7(2)12/h3-4,8-10,13H,5H2,1-2H3/t8-,9-,10+/m1/s1. The van der Waals surface area contributed by atoms with Gasteiger partial charge in [-0.3, -0.25) is 9.59 Å². The lowest BCUT2D eigenvalue weighted by Gasteiger charge is -2.30. The molecule has 1 rings (SSSR count). The number of esters is 2. The van der Waals surface area contributed by atoms with Crippen molar-refractivity contribution >= 4 is 11.9 Å². The zero-order valence-corrected chi connectivity index (χ0v) is 9.08. The van der Waals surface area contributed by atoms with Crippen LogP contribution in [0.25, 0.3) is 0 Å². The second kappa shape index (κ2) is 5.50. The van der Waals surface area contributed by atoms with Crippen molar-refractivity contribution in [3.05, 3.63) is 12.3 Å². The molecule has 0 amide bonds. The number of carbonyl (C=O) groups excluding carboxylic acids is 2. The fourth-order valence-corrected chi connectivity index (χ4v) is 1.27. The third-order valence-corrected chi connectivity index (χ3v) is 1.99. The van der Waals surface area contributed by atoms with Gasteiger partial charge in [-0.15, -0.1) is 0 Å². The highest BCUT2D eigenvalue weighted by Gasteiger charge is 2.33. The molecule has 0 fully saturated rings. The van der Waals surface area contributed by atoms with Crippen molar-refractivity contribution in [1.29, 1.82) is 0 Å². The summed E-state index contributed by atoms with van der Waals surface area (Å²) in [7, 11) is 0. The first-order chi connectivity index (χ1) is 7.50. The lowest BCUT2D eigenvalue weighted by atomic mass is 10.1. The molecule has 1 aliphatic heterocycles. The Morgan fingerprint density at radius 3 is 2.62 bits per heavy atom. The Morgan fingerprint density at radius 2 is 2.06 bits per heavy atom. The number of carbonyl (C=O) groups is 2. The number of hydrogen-bond acceptors (Lipinski definition) is 6. The van der Waals surface area contributed by atoms with Crippen molar-refractivity contribution in [2.24, 2.45) is 0 Å². The first-order valence-electron chi connectivity index (χ1n) is 4.81. The molecule has 0 unspecified atom stereocenters. The molecular weight excluding hydrogens is 216 g/mol. The molecule has 1 heterocycles. The minimum atomic E-state index is -1.05. The van der Waals surface area contributed by atoms with Gasteiger partial charge in [0.2, 0.25) is 0 Å². The van der Waals surface area contributed by atoms with Crippen LogP contribution in [0.4, 0.5) is 0 Å². The van der Waals surface area contributed by atoms with Crippen molar-refractivity contribution < 1.29 is 28.9 Å². The van der Waals surface area contributed by atoms with Crippen LogP contribution in [0.5, 0.6) is 0 Å². The van der Waals surface area contributed by atoms with Crippen LogP contribution in [0.3, 0.4) is 0 Å². The summed E-state index contributed by atoms with van der Waals surface area (Å²) in [5.41, 5.74) is 0. The SMILES string of the molecule is CC(=O)OC[C@H]1OC=C[C@@H](OC(C)=O)[C@@H]1O. The highest BCUT2D eigenvalue weighted by molar-refractivity contribution is 5.66. The van der Waals surface area contributed by atoms with E-state index in [2.05, 4.69) is 0 Å². The van der Waals surface area contributed by atoms with Gasteiger partial charge in [-0.05, 0) is 6.08 Å². The smallest absolute Gasteiger partial charge is 0.303 e.